The zero-order valence-electron chi connectivity index (χ0n) is 31.4. The third kappa shape index (κ3) is 7.58. The molecule has 4 aromatic carbocycles. The number of rotatable bonds is 11. The van der Waals surface area contributed by atoms with Crippen LogP contribution in [-0.2, 0) is 14.9 Å². The molecule has 0 radical (unpaired) electrons. The van der Waals surface area contributed by atoms with Crippen LogP contribution in [0.15, 0.2) is 151 Å². The van der Waals surface area contributed by atoms with Gasteiger partial charge in [-0.05, 0) is 90.2 Å². The maximum absolute atomic E-state index is 13.8. The Bertz CT molecular complexity index is 1930. The molecule has 0 bridgehead atoms. The highest BCUT2D eigenvalue weighted by molar-refractivity contribution is 6.74. The van der Waals surface area contributed by atoms with E-state index in [4.69, 9.17) is 9.51 Å². The van der Waals surface area contributed by atoms with Crippen LogP contribution in [0.2, 0.25) is 18.1 Å². The number of aromatic nitrogens is 2. The molecule has 0 unspecified atom stereocenters. The van der Waals surface area contributed by atoms with Gasteiger partial charge >= 0.3 is 0 Å². The Labute approximate surface area is 310 Å². The number of imidazole rings is 1. The molecule has 6 heteroatoms. The summed E-state index contributed by atoms with van der Waals surface area (Å²) in [5.41, 5.74) is 7.76. The predicted molar refractivity (Wildman–Crippen MR) is 218 cm³/mol. The lowest BCUT2D eigenvalue weighted by Gasteiger charge is -2.39. The standard InChI is InChI=1S/C46H51N3O2Si/c1-35(42(36-19-11-7-12-20-36)31-32-44(50)37-27-29-41(30-28-37)48-51-52(5,6)45(2,3)4)43-33-47-34-49(43)46(38-21-13-8-14-22-38,39-23-15-9-16-24-39)40-25-17-10-18-26-40/h7-26,31-34,37H,27-30H2,1-6H3/b32-31+,42-35+,48-41?. The van der Waals surface area contributed by atoms with E-state index in [1.54, 1.807) is 6.08 Å². The third-order valence-electron chi connectivity index (χ3n) is 11.0. The first-order valence-electron chi connectivity index (χ1n) is 18.4. The average Bonchev–Trinajstić information content (AvgIpc) is 3.66. The number of allylic oxidation sites excluding steroid dienone is 4. The van der Waals surface area contributed by atoms with Gasteiger partial charge in [-0.2, -0.15) is 0 Å². The molecule has 5 nitrogen and oxygen atoms in total. The Balaban J connectivity index is 1.39. The van der Waals surface area contributed by atoms with Crippen LogP contribution in [0.5, 0.6) is 0 Å². The van der Waals surface area contributed by atoms with E-state index in [2.05, 4.69) is 154 Å². The summed E-state index contributed by atoms with van der Waals surface area (Å²) < 4.78 is 8.45. The van der Waals surface area contributed by atoms with Crippen molar-refractivity contribution in [2.75, 3.05) is 0 Å². The molecular formula is C46H51N3O2Si. The number of nitrogens with zero attached hydrogens (tertiary/aromatic N) is 3. The van der Waals surface area contributed by atoms with Crippen LogP contribution in [0.25, 0.3) is 11.1 Å². The van der Waals surface area contributed by atoms with Crippen LogP contribution >= 0.6 is 0 Å². The molecule has 1 aliphatic rings. The molecule has 1 aromatic heterocycles. The number of hydrogen-bond donors (Lipinski definition) is 0. The van der Waals surface area contributed by atoms with Crippen molar-refractivity contribution in [2.45, 2.75) is 77.0 Å². The van der Waals surface area contributed by atoms with E-state index in [-0.39, 0.29) is 16.7 Å². The first kappa shape index (κ1) is 36.7. The fourth-order valence-corrected chi connectivity index (χ4v) is 7.56. The average molecular weight is 706 g/mol. The van der Waals surface area contributed by atoms with Crippen LogP contribution in [0.1, 0.15) is 81.3 Å². The van der Waals surface area contributed by atoms with Gasteiger partial charge in [0.2, 0.25) is 0 Å². The number of hydrogen-bond acceptors (Lipinski definition) is 4. The summed E-state index contributed by atoms with van der Waals surface area (Å²) in [6.45, 7) is 13.2. The van der Waals surface area contributed by atoms with E-state index in [1.807, 2.05) is 36.8 Å². The lowest BCUT2D eigenvalue weighted by Crippen LogP contribution is -2.39. The number of ketones is 1. The summed E-state index contributed by atoms with van der Waals surface area (Å²) in [6, 6.07) is 42.3. The minimum atomic E-state index is -1.97. The molecule has 0 aliphatic heterocycles. The molecule has 5 aromatic rings. The Morgan fingerprint density at radius 3 is 1.73 bits per heavy atom. The topological polar surface area (TPSA) is 56.5 Å². The van der Waals surface area contributed by atoms with Crippen LogP contribution in [0, 0.1) is 5.92 Å². The number of carbonyl (C=O) groups excluding carboxylic acids is 1. The lowest BCUT2D eigenvalue weighted by atomic mass is 9.76. The van der Waals surface area contributed by atoms with Crippen molar-refractivity contribution >= 4 is 31.0 Å². The maximum atomic E-state index is 13.8. The van der Waals surface area contributed by atoms with E-state index in [0.717, 1.165) is 70.5 Å². The second-order valence-electron chi connectivity index (χ2n) is 15.4. The third-order valence-corrected chi connectivity index (χ3v) is 15.2. The van der Waals surface area contributed by atoms with E-state index in [1.165, 1.54) is 0 Å². The van der Waals surface area contributed by atoms with Gasteiger partial charge in [0.15, 0.2) is 5.78 Å². The molecular weight excluding hydrogens is 655 g/mol. The second kappa shape index (κ2) is 15.7. The minimum absolute atomic E-state index is 0.0344. The quantitative estimate of drug-likeness (QED) is 0.0452. The highest BCUT2D eigenvalue weighted by Crippen LogP contribution is 2.43. The Morgan fingerprint density at radius 2 is 1.25 bits per heavy atom. The van der Waals surface area contributed by atoms with Crippen LogP contribution in [-0.4, -0.2) is 29.4 Å². The molecule has 1 fully saturated rings. The second-order valence-corrected chi connectivity index (χ2v) is 20.1. The molecule has 1 saturated carbocycles. The number of carbonyl (C=O) groups is 1. The summed E-state index contributed by atoms with van der Waals surface area (Å²) >= 11 is 0. The van der Waals surface area contributed by atoms with E-state index < -0.39 is 13.9 Å². The largest absolute Gasteiger partial charge is 0.455 e. The maximum Gasteiger partial charge on any atom is 0.286 e. The molecule has 1 heterocycles. The van der Waals surface area contributed by atoms with Gasteiger partial charge in [0.25, 0.3) is 8.32 Å². The van der Waals surface area contributed by atoms with Gasteiger partial charge in [0.1, 0.15) is 5.54 Å². The molecule has 0 spiro atoms. The molecule has 52 heavy (non-hydrogen) atoms. The molecule has 266 valence electrons. The molecule has 0 atom stereocenters. The fraction of sp³-hybridized carbons (Fsp3) is 0.283. The van der Waals surface area contributed by atoms with Gasteiger partial charge in [-0.25, -0.2) is 4.98 Å². The monoisotopic (exact) mass is 705 g/mol. The summed E-state index contributed by atoms with van der Waals surface area (Å²) in [4.78, 5) is 18.6. The van der Waals surface area contributed by atoms with Gasteiger partial charge in [0, 0.05) is 5.92 Å². The van der Waals surface area contributed by atoms with Crippen molar-refractivity contribution < 1.29 is 9.32 Å². The molecule has 1 aliphatic carbocycles. The van der Waals surface area contributed by atoms with Crippen LogP contribution in [0.3, 0.4) is 0 Å². The fourth-order valence-electron chi connectivity index (χ4n) is 6.93. The van der Waals surface area contributed by atoms with Crippen molar-refractivity contribution in [1.29, 1.82) is 0 Å². The van der Waals surface area contributed by atoms with Crippen LogP contribution in [0.4, 0.5) is 0 Å². The number of oxime groups is 1. The highest BCUT2D eigenvalue weighted by Gasteiger charge is 2.41. The van der Waals surface area contributed by atoms with Gasteiger partial charge in [0.05, 0.1) is 23.9 Å². The molecule has 0 N–H and O–H groups in total. The minimum Gasteiger partial charge on any atom is -0.455 e. The first-order chi connectivity index (χ1) is 25.0. The first-order valence-corrected chi connectivity index (χ1v) is 21.3. The van der Waals surface area contributed by atoms with E-state index in [0.29, 0.717) is 0 Å². The van der Waals surface area contributed by atoms with Gasteiger partial charge in [-0.1, -0.05) is 148 Å². The zero-order chi connectivity index (χ0) is 36.8. The Hall–Kier alpha value is -5.07. The Morgan fingerprint density at radius 1 is 0.769 bits per heavy atom. The lowest BCUT2D eigenvalue weighted by molar-refractivity contribution is -0.118. The number of benzene rings is 4. The van der Waals surface area contributed by atoms with Gasteiger partial charge in [-0.15, -0.1) is 5.16 Å². The van der Waals surface area contributed by atoms with Gasteiger partial charge < -0.3 is 9.09 Å². The summed E-state index contributed by atoms with van der Waals surface area (Å²) in [5, 5.41) is 4.71. The summed E-state index contributed by atoms with van der Waals surface area (Å²) in [6.07, 6.45) is 10.9. The van der Waals surface area contributed by atoms with E-state index >= 15 is 0 Å². The predicted octanol–water partition coefficient (Wildman–Crippen LogP) is 11.3. The molecule has 0 amide bonds. The van der Waals surface area contributed by atoms with Crippen molar-refractivity contribution in [2.24, 2.45) is 11.1 Å². The summed E-state index contributed by atoms with van der Waals surface area (Å²) in [5.74, 6) is 0.124. The van der Waals surface area contributed by atoms with Gasteiger partial charge in [-0.3, -0.25) is 4.79 Å². The smallest absolute Gasteiger partial charge is 0.286 e. The molecule has 6 rings (SSSR count). The molecule has 0 saturated heterocycles. The van der Waals surface area contributed by atoms with Crippen molar-refractivity contribution in [3.63, 3.8) is 0 Å². The Kier molecular flexibility index (Phi) is 11.1. The normalized spacial score (nSPS) is 16.0. The summed E-state index contributed by atoms with van der Waals surface area (Å²) in [7, 11) is -1.97. The van der Waals surface area contributed by atoms with Crippen LogP contribution < -0.4 is 0 Å². The van der Waals surface area contributed by atoms with E-state index in [9.17, 15) is 4.79 Å². The van der Waals surface area contributed by atoms with Crippen molar-refractivity contribution in [3.8, 4) is 0 Å². The highest BCUT2D eigenvalue weighted by atomic mass is 28.4. The SMILES string of the molecule is C/C(=C(/C=C/C(=O)C1CCC(=NO[Si](C)(C)C(C)(C)C)CC1)c1ccccc1)c1cncn1C(c1ccccc1)(c1ccccc1)c1ccccc1. The zero-order valence-corrected chi connectivity index (χ0v) is 32.4. The van der Waals surface area contributed by atoms with Crippen molar-refractivity contribution in [1.82, 2.24) is 9.55 Å². The van der Waals surface area contributed by atoms with Crippen molar-refractivity contribution in [3.05, 3.63) is 174 Å².